The van der Waals surface area contributed by atoms with Gasteiger partial charge in [-0.25, -0.2) is 4.98 Å². The Kier molecular flexibility index (Phi) is 6.36. The van der Waals surface area contributed by atoms with E-state index < -0.39 is 0 Å². The van der Waals surface area contributed by atoms with Crippen LogP contribution < -0.4 is 0 Å². The van der Waals surface area contributed by atoms with Crippen molar-refractivity contribution < 1.29 is 35.9 Å². The molecule has 0 unspecified atom stereocenters. The Morgan fingerprint density at radius 2 is 2.15 bits per heavy atom. The van der Waals surface area contributed by atoms with Crippen LogP contribution >= 0.6 is 0 Å². The van der Waals surface area contributed by atoms with Crippen LogP contribution in [0.3, 0.4) is 0 Å². The first-order chi connectivity index (χ1) is 5.79. The maximum absolute atomic E-state index is 11.5. The average molecular weight is 402 g/mol. The number of carbonyl (C=O) groups is 1. The summed E-state index contributed by atoms with van der Waals surface area (Å²) in [6.07, 6.45) is 4.19. The molecule has 0 spiro atoms. The molecular weight excluding hydrogens is 390 g/mol. The Balaban J connectivity index is 0.00000144. The van der Waals surface area contributed by atoms with E-state index in [1.54, 1.807) is 0 Å². The van der Waals surface area contributed by atoms with Crippen LogP contribution in [0.5, 0.6) is 0 Å². The Morgan fingerprint density at radius 3 is 2.54 bits per heavy atom. The van der Waals surface area contributed by atoms with Crippen molar-refractivity contribution in [2.24, 2.45) is 5.92 Å². The van der Waals surface area contributed by atoms with Crippen LogP contribution in [0, 0.1) is 50.9 Å². The van der Waals surface area contributed by atoms with Gasteiger partial charge < -0.3 is 18.8 Å². The van der Waals surface area contributed by atoms with Gasteiger partial charge in [0.2, 0.25) is 0 Å². The predicted octanol–water partition coefficient (Wildman–Crippen LogP) is 1.66. The fraction of sp³-hybridized carbons (Fsp3) is 0.333. The zero-order valence-corrected chi connectivity index (χ0v) is 11.6. The Labute approximate surface area is 102 Å². The second-order valence-corrected chi connectivity index (χ2v) is 2.60. The first kappa shape index (κ1) is 12.9. The predicted molar refractivity (Wildman–Crippen MR) is 46.4 cm³/mol. The van der Waals surface area contributed by atoms with Crippen LogP contribution in [-0.2, 0) is 0 Å². The van der Waals surface area contributed by atoms with Crippen molar-refractivity contribution in [2.75, 3.05) is 0 Å². The number of aromatic amines is 1. The third-order valence-corrected chi connectivity index (χ3v) is 1.83. The van der Waals surface area contributed by atoms with Crippen molar-refractivity contribution in [3.8, 4) is 0 Å². The quantitative estimate of drug-likeness (QED) is 0.615. The second-order valence-electron chi connectivity index (χ2n) is 2.60. The molecule has 1 rings (SSSR count). The fourth-order valence-electron chi connectivity index (χ4n) is 1.02. The Bertz CT molecular complexity index is 242. The van der Waals surface area contributed by atoms with Crippen molar-refractivity contribution in [2.45, 2.75) is 12.8 Å². The molecule has 0 aromatic carbocycles. The SMILES string of the molecule is [CH2-]CC(C[CH2-])C(=O)c1cnc[nH]1.[U+2]. The minimum atomic E-state index is -0.0783. The van der Waals surface area contributed by atoms with Gasteiger partial charge >= 0.3 is 31.1 Å². The number of nitrogens with zero attached hydrogens (tertiary/aromatic N) is 1. The first-order valence-electron chi connectivity index (χ1n) is 3.90. The van der Waals surface area contributed by atoms with E-state index in [0.717, 1.165) is 0 Å². The van der Waals surface area contributed by atoms with Crippen molar-refractivity contribution in [1.82, 2.24) is 9.97 Å². The average Bonchev–Trinajstić information content (AvgIpc) is 2.58. The van der Waals surface area contributed by atoms with E-state index in [1.165, 1.54) is 12.5 Å². The van der Waals surface area contributed by atoms with E-state index in [1.807, 2.05) is 0 Å². The molecule has 0 fully saturated rings. The molecule has 0 saturated carbocycles. The van der Waals surface area contributed by atoms with E-state index in [-0.39, 0.29) is 42.8 Å². The van der Waals surface area contributed by atoms with Crippen molar-refractivity contribution in [3.05, 3.63) is 32.1 Å². The maximum atomic E-state index is 11.5. The van der Waals surface area contributed by atoms with Crippen molar-refractivity contribution >= 4 is 5.78 Å². The summed E-state index contributed by atoms with van der Waals surface area (Å²) in [6.45, 7) is 7.39. The largest absolute Gasteiger partial charge is 2.00 e. The van der Waals surface area contributed by atoms with Gasteiger partial charge in [-0.1, -0.05) is 0 Å². The van der Waals surface area contributed by atoms with E-state index in [2.05, 4.69) is 23.8 Å². The normalized spacial score (nSPS) is 9.77. The zero-order chi connectivity index (χ0) is 8.97. The molecule has 4 heteroatoms. The summed E-state index contributed by atoms with van der Waals surface area (Å²) in [5.74, 6) is -0.0250. The molecule has 1 aromatic heterocycles. The third kappa shape index (κ3) is 3.28. The molecule has 1 N–H and O–H groups in total. The van der Waals surface area contributed by atoms with E-state index >= 15 is 0 Å². The standard InChI is InChI=1S/C9H12N2O.U/c1-3-7(4-2)9(12)8-5-10-6-11-8;/h5-7H,1-4H2,(H,10,11);/q-2;+2. The molecular formula is C9H12N2OU. The van der Waals surface area contributed by atoms with Gasteiger partial charge in [0.25, 0.3) is 0 Å². The van der Waals surface area contributed by atoms with Gasteiger partial charge in [0.05, 0.1) is 12.5 Å². The number of aromatic nitrogens is 2. The molecule has 13 heavy (non-hydrogen) atoms. The molecule has 0 amide bonds. The minimum absolute atomic E-state index is 0. The number of H-pyrrole nitrogens is 1. The summed E-state index contributed by atoms with van der Waals surface area (Å²) in [4.78, 5) is 18.1. The Hall–Kier alpha value is -0.0681. The first-order valence-corrected chi connectivity index (χ1v) is 3.90. The molecule has 1 aromatic rings. The fourth-order valence-corrected chi connectivity index (χ4v) is 1.02. The van der Waals surface area contributed by atoms with Crippen molar-refractivity contribution in [1.29, 1.82) is 0 Å². The molecule has 0 aliphatic carbocycles. The van der Waals surface area contributed by atoms with E-state index in [0.29, 0.717) is 18.5 Å². The summed E-state index contributed by atoms with van der Waals surface area (Å²) in [5.41, 5.74) is 0.548. The number of hydrogen-bond acceptors (Lipinski definition) is 2. The number of Topliss-reactive ketones (excluding diaryl/α,β-unsaturated/α-hetero) is 1. The molecule has 0 aliphatic heterocycles. The number of ketones is 1. The van der Waals surface area contributed by atoms with Crippen molar-refractivity contribution in [3.63, 3.8) is 0 Å². The summed E-state index contributed by atoms with van der Waals surface area (Å²) < 4.78 is 0. The number of rotatable bonds is 4. The van der Waals surface area contributed by atoms with Crippen LogP contribution in [0.1, 0.15) is 23.3 Å². The summed E-state index contributed by atoms with van der Waals surface area (Å²) in [6, 6.07) is 0. The van der Waals surface area contributed by atoms with E-state index in [4.69, 9.17) is 0 Å². The molecule has 0 atom stereocenters. The van der Waals surface area contributed by atoms with Crippen LogP contribution in [-0.4, -0.2) is 15.8 Å². The van der Waals surface area contributed by atoms with E-state index in [9.17, 15) is 4.79 Å². The van der Waals surface area contributed by atoms with Crippen LogP contribution in [0.4, 0.5) is 0 Å². The van der Waals surface area contributed by atoms with Gasteiger partial charge in [-0.05, 0) is 5.92 Å². The van der Waals surface area contributed by atoms with Gasteiger partial charge in [-0.3, -0.25) is 4.79 Å². The maximum Gasteiger partial charge on any atom is 2.00 e. The number of nitrogens with one attached hydrogen (secondary N) is 1. The number of carbonyl (C=O) groups excluding carboxylic acids is 1. The molecule has 0 bridgehead atoms. The van der Waals surface area contributed by atoms with Gasteiger partial charge in [0, 0.05) is 0 Å². The topological polar surface area (TPSA) is 45.8 Å². The van der Waals surface area contributed by atoms with Gasteiger partial charge in [0.1, 0.15) is 5.69 Å². The third-order valence-electron chi connectivity index (χ3n) is 1.83. The number of imidazole rings is 1. The molecule has 68 valence electrons. The van der Waals surface area contributed by atoms with Crippen LogP contribution in [0.25, 0.3) is 0 Å². The zero-order valence-electron chi connectivity index (χ0n) is 7.42. The minimum Gasteiger partial charge on any atom is -0.343 e. The molecule has 0 radical (unpaired) electrons. The summed E-state index contributed by atoms with van der Waals surface area (Å²) in [7, 11) is 0. The second kappa shape index (κ2) is 6.40. The monoisotopic (exact) mass is 402 g/mol. The van der Waals surface area contributed by atoms with Gasteiger partial charge in [-0.15, -0.1) is 0 Å². The van der Waals surface area contributed by atoms with Gasteiger partial charge in [-0.2, -0.15) is 12.8 Å². The molecule has 0 aliphatic rings. The summed E-state index contributed by atoms with van der Waals surface area (Å²) in [5, 5.41) is 0. The van der Waals surface area contributed by atoms with Gasteiger partial charge in [0.15, 0.2) is 5.78 Å². The smallest absolute Gasteiger partial charge is 0.343 e. The molecule has 3 nitrogen and oxygen atoms in total. The summed E-state index contributed by atoms with van der Waals surface area (Å²) >= 11 is 0. The van der Waals surface area contributed by atoms with Crippen LogP contribution in [0.2, 0.25) is 0 Å². The van der Waals surface area contributed by atoms with Crippen LogP contribution in [0.15, 0.2) is 12.5 Å². The number of hydrogen-bond donors (Lipinski definition) is 1. The molecule has 1 heterocycles. The molecule has 0 saturated heterocycles. The Morgan fingerprint density at radius 1 is 1.54 bits per heavy atom.